The van der Waals surface area contributed by atoms with Crippen LogP contribution in [0.2, 0.25) is 0 Å². The van der Waals surface area contributed by atoms with E-state index in [0.717, 1.165) is 46.0 Å². The number of benzene rings is 1. The van der Waals surface area contributed by atoms with Gasteiger partial charge in [-0.25, -0.2) is 4.98 Å². The van der Waals surface area contributed by atoms with Crippen LogP contribution in [0, 0.1) is 0 Å². The first kappa shape index (κ1) is 11.8. The molecular weight excluding hydrogens is 246 g/mol. The zero-order valence-corrected chi connectivity index (χ0v) is 10.8. The third-order valence-electron chi connectivity index (χ3n) is 3.30. The maximum atomic E-state index is 9.94. The van der Waals surface area contributed by atoms with Gasteiger partial charge in [0, 0.05) is 5.56 Å². The molecule has 4 heteroatoms. The number of aliphatic hydroxyl groups is 2. The predicted octanol–water partition coefficient (Wildman–Crippen LogP) is 2.67. The van der Waals surface area contributed by atoms with Gasteiger partial charge < -0.3 is 10.2 Å². The van der Waals surface area contributed by atoms with Crippen molar-refractivity contribution in [2.45, 2.75) is 32.0 Å². The van der Waals surface area contributed by atoms with Gasteiger partial charge in [0.1, 0.15) is 5.01 Å². The lowest BCUT2D eigenvalue weighted by atomic mass is 10.0. The molecule has 0 saturated heterocycles. The third-order valence-corrected chi connectivity index (χ3v) is 4.55. The van der Waals surface area contributed by atoms with Gasteiger partial charge in [0.25, 0.3) is 0 Å². The molecule has 1 aliphatic carbocycles. The highest BCUT2D eigenvalue weighted by Crippen LogP contribution is 2.37. The predicted molar refractivity (Wildman–Crippen MR) is 71.4 cm³/mol. The lowest BCUT2D eigenvalue weighted by molar-refractivity contribution is 0.160. The molecule has 1 atom stereocenters. The Hall–Kier alpha value is -1.23. The summed E-state index contributed by atoms with van der Waals surface area (Å²) in [6, 6.07) is 7.77. The van der Waals surface area contributed by atoms with Crippen molar-refractivity contribution in [2.24, 2.45) is 0 Å². The number of aryl methyl sites for hydroxylation is 1. The van der Waals surface area contributed by atoms with E-state index in [9.17, 15) is 5.11 Å². The fourth-order valence-corrected chi connectivity index (χ4v) is 3.41. The van der Waals surface area contributed by atoms with Crippen LogP contribution in [0.5, 0.6) is 0 Å². The molecule has 1 aromatic carbocycles. The molecule has 3 nitrogen and oxygen atoms in total. The molecule has 2 N–H and O–H groups in total. The number of hydrogen-bond acceptors (Lipinski definition) is 4. The molecule has 94 valence electrons. The number of hydrogen-bond donors (Lipinski definition) is 2. The Labute approximate surface area is 110 Å². The van der Waals surface area contributed by atoms with Crippen LogP contribution < -0.4 is 0 Å². The summed E-state index contributed by atoms with van der Waals surface area (Å²) in [4.78, 5) is 5.65. The van der Waals surface area contributed by atoms with Crippen LogP contribution >= 0.6 is 11.3 Å². The van der Waals surface area contributed by atoms with Crippen LogP contribution in [0.1, 0.15) is 35.1 Å². The quantitative estimate of drug-likeness (QED) is 0.874. The van der Waals surface area contributed by atoms with Crippen LogP contribution in [0.4, 0.5) is 0 Å². The van der Waals surface area contributed by atoms with Gasteiger partial charge in [-0.1, -0.05) is 24.3 Å². The SMILES string of the molecule is OCc1ccc(-c2nc3c(s2)C(O)CCC3)cc1. The fourth-order valence-electron chi connectivity index (χ4n) is 2.27. The van der Waals surface area contributed by atoms with Crippen molar-refractivity contribution >= 4 is 11.3 Å². The topological polar surface area (TPSA) is 53.4 Å². The van der Waals surface area contributed by atoms with E-state index in [1.807, 2.05) is 24.3 Å². The summed E-state index contributed by atoms with van der Waals surface area (Å²) < 4.78 is 0. The van der Waals surface area contributed by atoms with E-state index in [0.29, 0.717) is 0 Å². The molecule has 2 aromatic rings. The molecule has 0 spiro atoms. The van der Waals surface area contributed by atoms with Crippen molar-refractivity contribution in [1.29, 1.82) is 0 Å². The minimum atomic E-state index is -0.336. The van der Waals surface area contributed by atoms with E-state index in [1.54, 1.807) is 11.3 Å². The van der Waals surface area contributed by atoms with Crippen molar-refractivity contribution in [3.8, 4) is 10.6 Å². The van der Waals surface area contributed by atoms with Gasteiger partial charge in [0.15, 0.2) is 0 Å². The van der Waals surface area contributed by atoms with Gasteiger partial charge in [-0.2, -0.15) is 0 Å². The monoisotopic (exact) mass is 261 g/mol. The molecule has 3 rings (SSSR count). The van der Waals surface area contributed by atoms with E-state index < -0.39 is 0 Å². The number of fused-ring (bicyclic) bond motifs is 1. The Bertz CT molecular complexity index is 547. The summed E-state index contributed by atoms with van der Waals surface area (Å²) in [5.74, 6) is 0. The normalized spacial score (nSPS) is 18.7. The molecule has 0 radical (unpaired) electrons. The first-order valence-electron chi connectivity index (χ1n) is 6.16. The molecule has 1 aromatic heterocycles. The largest absolute Gasteiger partial charge is 0.392 e. The molecule has 0 amide bonds. The minimum absolute atomic E-state index is 0.0629. The summed E-state index contributed by atoms with van der Waals surface area (Å²) in [5, 5.41) is 19.9. The summed E-state index contributed by atoms with van der Waals surface area (Å²) in [6.07, 6.45) is 2.49. The Kier molecular flexibility index (Phi) is 3.16. The van der Waals surface area contributed by atoms with E-state index in [2.05, 4.69) is 4.98 Å². The Balaban J connectivity index is 1.96. The summed E-state index contributed by atoms with van der Waals surface area (Å²) in [5.41, 5.74) is 3.01. The van der Waals surface area contributed by atoms with Crippen LogP contribution in [-0.4, -0.2) is 15.2 Å². The molecule has 0 saturated carbocycles. The van der Waals surface area contributed by atoms with Gasteiger partial charge >= 0.3 is 0 Å². The zero-order chi connectivity index (χ0) is 12.5. The van der Waals surface area contributed by atoms with Crippen LogP contribution in [0.3, 0.4) is 0 Å². The van der Waals surface area contributed by atoms with Crippen molar-refractivity contribution in [2.75, 3.05) is 0 Å². The Morgan fingerprint density at radius 1 is 1.28 bits per heavy atom. The first-order chi connectivity index (χ1) is 8.78. The van der Waals surface area contributed by atoms with Crippen LogP contribution in [0.15, 0.2) is 24.3 Å². The highest BCUT2D eigenvalue weighted by atomic mass is 32.1. The second kappa shape index (κ2) is 4.80. The van der Waals surface area contributed by atoms with Crippen molar-refractivity contribution in [3.63, 3.8) is 0 Å². The highest BCUT2D eigenvalue weighted by molar-refractivity contribution is 7.15. The number of aromatic nitrogens is 1. The fraction of sp³-hybridized carbons (Fsp3) is 0.357. The lowest BCUT2D eigenvalue weighted by Crippen LogP contribution is -2.06. The average Bonchev–Trinajstić information content (AvgIpc) is 2.84. The maximum Gasteiger partial charge on any atom is 0.123 e. The average molecular weight is 261 g/mol. The first-order valence-corrected chi connectivity index (χ1v) is 6.97. The summed E-state index contributed by atoms with van der Waals surface area (Å²) in [7, 11) is 0. The molecule has 1 unspecified atom stereocenters. The molecule has 0 bridgehead atoms. The molecule has 1 aliphatic rings. The molecule has 0 fully saturated rings. The van der Waals surface area contributed by atoms with Gasteiger partial charge in [0.05, 0.1) is 23.3 Å². The molecule has 18 heavy (non-hydrogen) atoms. The molecule has 0 aliphatic heterocycles. The number of thiazole rings is 1. The maximum absolute atomic E-state index is 9.94. The van der Waals surface area contributed by atoms with Crippen molar-refractivity contribution < 1.29 is 10.2 Å². The number of rotatable bonds is 2. The summed E-state index contributed by atoms with van der Waals surface area (Å²) >= 11 is 1.59. The second-order valence-corrected chi connectivity index (χ2v) is 5.62. The van der Waals surface area contributed by atoms with Crippen LogP contribution in [-0.2, 0) is 13.0 Å². The Morgan fingerprint density at radius 3 is 2.72 bits per heavy atom. The third kappa shape index (κ3) is 2.07. The standard InChI is InChI=1S/C14H15NO2S/c16-8-9-4-6-10(7-5-9)14-15-11-2-1-3-12(17)13(11)18-14/h4-7,12,16-17H,1-3,8H2. The second-order valence-electron chi connectivity index (χ2n) is 4.59. The minimum Gasteiger partial charge on any atom is -0.392 e. The lowest BCUT2D eigenvalue weighted by Gasteiger charge is -2.14. The summed E-state index contributed by atoms with van der Waals surface area (Å²) in [6.45, 7) is 0.0629. The van der Waals surface area contributed by atoms with Gasteiger partial charge in [-0.05, 0) is 24.8 Å². The van der Waals surface area contributed by atoms with E-state index in [-0.39, 0.29) is 12.7 Å². The number of aliphatic hydroxyl groups excluding tert-OH is 2. The van der Waals surface area contributed by atoms with E-state index in [1.165, 1.54) is 0 Å². The highest BCUT2D eigenvalue weighted by Gasteiger charge is 2.22. The number of nitrogens with zero attached hydrogens (tertiary/aromatic N) is 1. The smallest absolute Gasteiger partial charge is 0.123 e. The van der Waals surface area contributed by atoms with Gasteiger partial charge in [-0.3, -0.25) is 0 Å². The van der Waals surface area contributed by atoms with E-state index in [4.69, 9.17) is 5.11 Å². The zero-order valence-electron chi connectivity index (χ0n) is 9.97. The van der Waals surface area contributed by atoms with Crippen molar-refractivity contribution in [1.82, 2.24) is 4.98 Å². The Morgan fingerprint density at radius 2 is 2.06 bits per heavy atom. The molecule has 1 heterocycles. The van der Waals surface area contributed by atoms with Crippen LogP contribution in [0.25, 0.3) is 10.6 Å². The van der Waals surface area contributed by atoms with Gasteiger partial charge in [0.2, 0.25) is 0 Å². The van der Waals surface area contributed by atoms with Crippen molar-refractivity contribution in [3.05, 3.63) is 40.4 Å². The van der Waals surface area contributed by atoms with Gasteiger partial charge in [-0.15, -0.1) is 11.3 Å². The van der Waals surface area contributed by atoms with E-state index >= 15 is 0 Å². The molecular formula is C14H15NO2S.